The molecule has 0 radical (unpaired) electrons. The third-order valence-corrected chi connectivity index (χ3v) is 6.44. The number of nitrogens with two attached hydrogens (primary N) is 2. The van der Waals surface area contributed by atoms with Gasteiger partial charge in [-0.1, -0.05) is 30.6 Å². The Hall–Kier alpha value is -0.700. The predicted octanol–water partition coefficient (Wildman–Crippen LogP) is 1.42. The maximum atomic E-state index is 11.4. The summed E-state index contributed by atoms with van der Waals surface area (Å²) in [5, 5.41) is 9.05. The van der Waals surface area contributed by atoms with Gasteiger partial charge in [0.25, 0.3) is 0 Å². The molecule has 0 bridgehead atoms. The number of nitrogens with zero attached hydrogens (tertiary/aromatic N) is 1. The number of nitrogens with one attached hydrogen (secondary N) is 1. The van der Waals surface area contributed by atoms with E-state index in [0.29, 0.717) is 23.3 Å². The van der Waals surface area contributed by atoms with Crippen molar-refractivity contribution in [3.8, 4) is 0 Å². The molecule has 0 spiro atoms. The van der Waals surface area contributed by atoms with Gasteiger partial charge in [-0.2, -0.15) is 0 Å². The van der Waals surface area contributed by atoms with E-state index in [4.69, 9.17) is 10.9 Å². The summed E-state index contributed by atoms with van der Waals surface area (Å²) < 4.78 is 23.0. The van der Waals surface area contributed by atoms with Crippen molar-refractivity contribution in [2.45, 2.75) is 49.3 Å². The number of anilines is 1. The zero-order valence-corrected chi connectivity index (χ0v) is 13.3. The molecule has 1 fully saturated rings. The zero-order chi connectivity index (χ0) is 14.8. The van der Waals surface area contributed by atoms with Gasteiger partial charge in [-0.15, -0.1) is 0 Å². The SMILES string of the molecule is Cc1nc(NC(CN)C2CCCCC2)sc1S(N)(=O)=O. The maximum Gasteiger partial charge on any atom is 0.249 e. The smallest absolute Gasteiger partial charge is 0.249 e. The van der Waals surface area contributed by atoms with Crippen molar-refractivity contribution in [2.24, 2.45) is 16.8 Å². The molecule has 1 aliphatic rings. The molecule has 0 aromatic carbocycles. The second kappa shape index (κ2) is 6.38. The van der Waals surface area contributed by atoms with Crippen molar-refractivity contribution in [2.75, 3.05) is 11.9 Å². The third kappa shape index (κ3) is 3.69. The van der Waals surface area contributed by atoms with E-state index in [-0.39, 0.29) is 10.3 Å². The van der Waals surface area contributed by atoms with Crippen LogP contribution in [-0.4, -0.2) is 26.0 Å². The van der Waals surface area contributed by atoms with Gasteiger partial charge in [-0.3, -0.25) is 0 Å². The summed E-state index contributed by atoms with van der Waals surface area (Å²) >= 11 is 1.08. The van der Waals surface area contributed by atoms with Crippen molar-refractivity contribution in [3.05, 3.63) is 5.69 Å². The Balaban J connectivity index is 2.11. The van der Waals surface area contributed by atoms with Gasteiger partial charge in [0.2, 0.25) is 10.0 Å². The minimum atomic E-state index is -3.70. The fourth-order valence-electron chi connectivity index (χ4n) is 2.77. The molecule has 20 heavy (non-hydrogen) atoms. The average Bonchev–Trinajstić information content (AvgIpc) is 2.78. The Labute approximate surface area is 124 Å². The molecule has 1 atom stereocenters. The van der Waals surface area contributed by atoms with Crippen LogP contribution >= 0.6 is 11.3 Å². The second-order valence-corrected chi connectivity index (χ2v) is 8.08. The lowest BCUT2D eigenvalue weighted by Crippen LogP contribution is -2.37. The number of aromatic nitrogens is 1. The Kier molecular flexibility index (Phi) is 5.00. The fraction of sp³-hybridized carbons (Fsp3) is 0.750. The van der Waals surface area contributed by atoms with Crippen LogP contribution < -0.4 is 16.2 Å². The summed E-state index contributed by atoms with van der Waals surface area (Å²) in [5.41, 5.74) is 6.30. The second-order valence-electron chi connectivity index (χ2n) is 5.32. The molecule has 0 amide bonds. The van der Waals surface area contributed by atoms with Gasteiger partial charge >= 0.3 is 0 Å². The van der Waals surface area contributed by atoms with Gasteiger partial charge in [0, 0.05) is 12.6 Å². The summed E-state index contributed by atoms with van der Waals surface area (Å²) in [6.45, 7) is 2.17. The number of rotatable bonds is 5. The van der Waals surface area contributed by atoms with E-state index in [9.17, 15) is 8.42 Å². The number of hydrogen-bond donors (Lipinski definition) is 3. The van der Waals surface area contributed by atoms with Gasteiger partial charge in [0.15, 0.2) is 9.34 Å². The first-order valence-corrected chi connectivity index (χ1v) is 9.25. The molecule has 0 aliphatic heterocycles. The van der Waals surface area contributed by atoms with Crippen LogP contribution in [0.4, 0.5) is 5.13 Å². The lowest BCUT2D eigenvalue weighted by atomic mass is 9.84. The molecule has 1 saturated carbocycles. The van der Waals surface area contributed by atoms with Crippen LogP contribution in [0.1, 0.15) is 37.8 Å². The molecule has 6 nitrogen and oxygen atoms in total. The number of thiazole rings is 1. The van der Waals surface area contributed by atoms with Gasteiger partial charge in [-0.25, -0.2) is 18.5 Å². The quantitative estimate of drug-likeness (QED) is 0.760. The number of primary sulfonamides is 1. The first kappa shape index (κ1) is 15.7. The first-order chi connectivity index (χ1) is 9.41. The van der Waals surface area contributed by atoms with E-state index in [1.807, 2.05) is 0 Å². The Bertz CT molecular complexity index is 550. The largest absolute Gasteiger partial charge is 0.357 e. The minimum Gasteiger partial charge on any atom is -0.357 e. The molecular weight excluding hydrogens is 296 g/mol. The van der Waals surface area contributed by atoms with Crippen LogP contribution in [-0.2, 0) is 10.0 Å². The highest BCUT2D eigenvalue weighted by Gasteiger charge is 2.25. The van der Waals surface area contributed by atoms with Gasteiger partial charge in [-0.05, 0) is 25.7 Å². The lowest BCUT2D eigenvalue weighted by Gasteiger charge is -2.29. The summed E-state index contributed by atoms with van der Waals surface area (Å²) in [7, 11) is -3.70. The van der Waals surface area contributed by atoms with Gasteiger partial charge in [0.05, 0.1) is 5.69 Å². The summed E-state index contributed by atoms with van der Waals surface area (Å²) in [6.07, 6.45) is 6.10. The van der Waals surface area contributed by atoms with E-state index in [0.717, 1.165) is 11.3 Å². The van der Waals surface area contributed by atoms with Gasteiger partial charge < -0.3 is 11.1 Å². The standard InChI is InChI=1S/C12H22N4O2S2/c1-8-11(20(14,17)18)19-12(15-8)16-10(7-13)9-5-3-2-4-6-9/h9-10H,2-7,13H2,1H3,(H,15,16)(H2,14,17,18). The van der Waals surface area contributed by atoms with E-state index < -0.39 is 10.0 Å². The lowest BCUT2D eigenvalue weighted by molar-refractivity contribution is 0.320. The minimum absolute atomic E-state index is 0.124. The normalized spacial score (nSPS) is 18.9. The molecule has 0 saturated heterocycles. The summed E-state index contributed by atoms with van der Waals surface area (Å²) in [5.74, 6) is 0.538. The highest BCUT2D eigenvalue weighted by molar-refractivity contribution is 7.91. The van der Waals surface area contributed by atoms with E-state index in [1.54, 1.807) is 6.92 Å². The summed E-state index contributed by atoms with van der Waals surface area (Å²) in [4.78, 5) is 4.25. The van der Waals surface area contributed by atoms with Crippen LogP contribution in [0.3, 0.4) is 0 Å². The monoisotopic (exact) mass is 318 g/mol. The molecule has 5 N–H and O–H groups in total. The molecule has 1 aromatic heterocycles. The highest BCUT2D eigenvalue weighted by Crippen LogP contribution is 2.31. The Morgan fingerprint density at radius 1 is 1.40 bits per heavy atom. The zero-order valence-electron chi connectivity index (χ0n) is 11.6. The molecule has 1 heterocycles. The fourth-order valence-corrected chi connectivity index (χ4v) is 4.69. The maximum absolute atomic E-state index is 11.4. The third-order valence-electron chi connectivity index (χ3n) is 3.79. The predicted molar refractivity (Wildman–Crippen MR) is 81.3 cm³/mol. The van der Waals surface area contributed by atoms with E-state index in [1.165, 1.54) is 32.1 Å². The molecule has 1 aromatic rings. The number of aryl methyl sites for hydroxylation is 1. The van der Waals surface area contributed by atoms with Crippen LogP contribution in [0, 0.1) is 12.8 Å². The molecule has 8 heteroatoms. The van der Waals surface area contributed by atoms with Crippen LogP contribution in [0.2, 0.25) is 0 Å². The van der Waals surface area contributed by atoms with E-state index in [2.05, 4.69) is 10.3 Å². The van der Waals surface area contributed by atoms with Crippen molar-refractivity contribution in [1.29, 1.82) is 0 Å². The van der Waals surface area contributed by atoms with Crippen molar-refractivity contribution < 1.29 is 8.42 Å². The molecule has 1 unspecified atom stereocenters. The summed E-state index contributed by atoms with van der Waals surface area (Å²) in [6, 6.07) is 0.147. The van der Waals surface area contributed by atoms with Gasteiger partial charge in [0.1, 0.15) is 0 Å². The van der Waals surface area contributed by atoms with Crippen LogP contribution in [0.25, 0.3) is 0 Å². The molecule has 2 rings (SSSR count). The van der Waals surface area contributed by atoms with Crippen LogP contribution in [0.15, 0.2) is 4.21 Å². The number of sulfonamides is 1. The Morgan fingerprint density at radius 3 is 2.55 bits per heavy atom. The molecule has 114 valence electrons. The van der Waals surface area contributed by atoms with E-state index >= 15 is 0 Å². The first-order valence-electron chi connectivity index (χ1n) is 6.88. The molecular formula is C12H22N4O2S2. The topological polar surface area (TPSA) is 111 Å². The highest BCUT2D eigenvalue weighted by atomic mass is 32.2. The van der Waals surface area contributed by atoms with Crippen molar-refractivity contribution in [3.63, 3.8) is 0 Å². The van der Waals surface area contributed by atoms with Crippen molar-refractivity contribution in [1.82, 2.24) is 4.98 Å². The van der Waals surface area contributed by atoms with Crippen molar-refractivity contribution >= 4 is 26.5 Å². The van der Waals surface area contributed by atoms with Crippen LogP contribution in [0.5, 0.6) is 0 Å². The Morgan fingerprint density at radius 2 is 2.05 bits per heavy atom. The number of hydrogen-bond acceptors (Lipinski definition) is 6. The average molecular weight is 318 g/mol. The molecule has 1 aliphatic carbocycles.